The molecule has 1 aliphatic rings. The van der Waals surface area contributed by atoms with E-state index in [1.807, 2.05) is 6.07 Å². The lowest BCUT2D eigenvalue weighted by atomic mass is 9.82. The van der Waals surface area contributed by atoms with Crippen LogP contribution in [0.1, 0.15) is 76.3 Å². The van der Waals surface area contributed by atoms with Gasteiger partial charge in [0.25, 0.3) is 0 Å². The second-order valence-corrected chi connectivity index (χ2v) is 10.2. The number of ether oxygens (including phenoxy) is 2. The van der Waals surface area contributed by atoms with Crippen LogP contribution in [-0.2, 0) is 6.42 Å². The lowest BCUT2D eigenvalue weighted by Gasteiger charge is -2.29. The molecule has 1 aromatic heterocycles. The lowest BCUT2D eigenvalue weighted by molar-refractivity contribution is 0.290. The molecule has 0 atom stereocenters. The highest BCUT2D eigenvalue weighted by molar-refractivity contribution is 5.92. The quantitative estimate of drug-likeness (QED) is 0.307. The molecule has 4 heteroatoms. The molecule has 0 spiro atoms. The third-order valence-electron chi connectivity index (χ3n) is 7.49. The summed E-state index contributed by atoms with van der Waals surface area (Å²) < 4.78 is 11.0. The number of H-pyrrole nitrogens is 1. The summed E-state index contributed by atoms with van der Waals surface area (Å²) >= 11 is 0. The van der Waals surface area contributed by atoms with Crippen LogP contribution >= 0.6 is 0 Å². The number of hydrogen-bond acceptors (Lipinski definition) is 3. The zero-order valence-electron chi connectivity index (χ0n) is 21.7. The van der Waals surface area contributed by atoms with Crippen molar-refractivity contribution in [1.29, 1.82) is 0 Å². The van der Waals surface area contributed by atoms with Crippen LogP contribution in [0.2, 0.25) is 0 Å². The lowest BCUT2D eigenvalue weighted by Crippen LogP contribution is -2.34. The van der Waals surface area contributed by atoms with E-state index in [4.69, 9.17) is 9.47 Å². The van der Waals surface area contributed by atoms with Gasteiger partial charge in [0, 0.05) is 22.5 Å². The van der Waals surface area contributed by atoms with Gasteiger partial charge in [-0.3, -0.25) is 0 Å². The van der Waals surface area contributed by atoms with E-state index >= 15 is 0 Å². The van der Waals surface area contributed by atoms with Crippen LogP contribution in [0.15, 0.2) is 36.4 Å². The van der Waals surface area contributed by atoms with E-state index in [0.717, 1.165) is 29.0 Å². The number of unbranched alkanes of at least 4 members (excludes halogenated alkanes) is 1. The molecule has 0 radical (unpaired) electrons. The molecule has 1 aliphatic carbocycles. The Labute approximate surface area is 205 Å². The largest absolute Gasteiger partial charge is 0.493 e. The van der Waals surface area contributed by atoms with Gasteiger partial charge in [0.15, 0.2) is 11.5 Å². The summed E-state index contributed by atoms with van der Waals surface area (Å²) in [6, 6.07) is 14.0. The molecular formula is C30H42N2O2. The average Bonchev–Trinajstić information content (AvgIpc) is 3.24. The minimum atomic E-state index is 0.414. The summed E-state index contributed by atoms with van der Waals surface area (Å²) in [7, 11) is 3.37. The minimum Gasteiger partial charge on any atom is -0.493 e. The molecule has 4 rings (SSSR count). The van der Waals surface area contributed by atoms with Crippen molar-refractivity contribution in [3.63, 3.8) is 0 Å². The maximum absolute atomic E-state index is 5.57. The van der Waals surface area contributed by atoms with E-state index in [-0.39, 0.29) is 0 Å². The monoisotopic (exact) mass is 462 g/mol. The second-order valence-electron chi connectivity index (χ2n) is 10.2. The first kappa shape index (κ1) is 24.7. The van der Waals surface area contributed by atoms with Gasteiger partial charge >= 0.3 is 0 Å². The normalized spacial score (nSPS) is 18.5. The number of rotatable bonds is 10. The maximum atomic E-state index is 5.57. The maximum Gasteiger partial charge on any atom is 0.161 e. The fraction of sp³-hybridized carbons (Fsp3) is 0.533. The van der Waals surface area contributed by atoms with Crippen LogP contribution in [0.4, 0.5) is 0 Å². The summed E-state index contributed by atoms with van der Waals surface area (Å²) in [6.07, 6.45) is 9.07. The summed E-state index contributed by atoms with van der Waals surface area (Å²) in [5, 5.41) is 5.12. The number of methoxy groups -OCH3 is 2. The van der Waals surface area contributed by atoms with E-state index in [2.05, 4.69) is 61.4 Å². The highest BCUT2D eigenvalue weighted by atomic mass is 16.5. The van der Waals surface area contributed by atoms with Gasteiger partial charge in [-0.1, -0.05) is 33.3 Å². The van der Waals surface area contributed by atoms with Crippen molar-refractivity contribution >= 4 is 10.9 Å². The van der Waals surface area contributed by atoms with Gasteiger partial charge < -0.3 is 19.8 Å². The zero-order valence-corrected chi connectivity index (χ0v) is 21.7. The highest BCUT2D eigenvalue weighted by Crippen LogP contribution is 2.39. The van der Waals surface area contributed by atoms with Crippen molar-refractivity contribution in [3.8, 4) is 22.8 Å². The molecule has 0 unspecified atom stereocenters. The third-order valence-corrected chi connectivity index (χ3v) is 7.49. The van der Waals surface area contributed by atoms with Crippen LogP contribution in [0.3, 0.4) is 0 Å². The van der Waals surface area contributed by atoms with E-state index in [0.29, 0.717) is 5.92 Å². The van der Waals surface area contributed by atoms with Crippen molar-refractivity contribution in [2.45, 2.75) is 77.7 Å². The Hall–Kier alpha value is -2.46. The smallest absolute Gasteiger partial charge is 0.161 e. The predicted octanol–water partition coefficient (Wildman–Crippen LogP) is 7.47. The molecule has 4 nitrogen and oxygen atoms in total. The molecule has 0 bridgehead atoms. The summed E-state index contributed by atoms with van der Waals surface area (Å²) in [4.78, 5) is 3.71. The van der Waals surface area contributed by atoms with Crippen LogP contribution in [-0.4, -0.2) is 31.8 Å². The molecule has 0 aliphatic heterocycles. The fourth-order valence-corrected chi connectivity index (χ4v) is 5.59. The topological polar surface area (TPSA) is 46.3 Å². The van der Waals surface area contributed by atoms with Crippen LogP contribution in [0.25, 0.3) is 22.2 Å². The second kappa shape index (κ2) is 11.3. The molecule has 0 saturated heterocycles. The Morgan fingerprint density at radius 1 is 0.971 bits per heavy atom. The Balaban J connectivity index is 1.55. The standard InChI is InChI=1S/C30H42N2O2/c1-6-7-16-31-24-12-8-21(9-13-24)17-22-10-14-26-25(18-22)29(20(2)3)30(32-26)23-11-15-27(33-4)28(19-23)34-5/h10-11,14-15,18-21,24,31-32H,6-9,12-13,16-17H2,1-5H3. The Morgan fingerprint density at radius 3 is 2.41 bits per heavy atom. The van der Waals surface area contributed by atoms with E-state index in [1.54, 1.807) is 14.2 Å². The summed E-state index contributed by atoms with van der Waals surface area (Å²) in [5.74, 6) is 2.73. The molecule has 2 N–H and O–H groups in total. The first-order chi connectivity index (χ1) is 16.5. The van der Waals surface area contributed by atoms with Crippen LogP contribution < -0.4 is 14.8 Å². The van der Waals surface area contributed by atoms with Gasteiger partial charge in [0.1, 0.15) is 0 Å². The van der Waals surface area contributed by atoms with Gasteiger partial charge in [-0.25, -0.2) is 0 Å². The van der Waals surface area contributed by atoms with Gasteiger partial charge in [0.2, 0.25) is 0 Å². The fourth-order valence-electron chi connectivity index (χ4n) is 5.59. The van der Waals surface area contributed by atoms with Crippen molar-refractivity contribution in [2.75, 3.05) is 20.8 Å². The number of fused-ring (bicyclic) bond motifs is 1. The number of aromatic amines is 1. The molecule has 3 aromatic rings. The van der Waals surface area contributed by atoms with Crippen molar-refractivity contribution in [3.05, 3.63) is 47.5 Å². The zero-order chi connectivity index (χ0) is 24.1. The average molecular weight is 463 g/mol. The van der Waals surface area contributed by atoms with Gasteiger partial charge in [0.05, 0.1) is 19.9 Å². The minimum absolute atomic E-state index is 0.414. The van der Waals surface area contributed by atoms with Crippen molar-refractivity contribution < 1.29 is 9.47 Å². The molecule has 34 heavy (non-hydrogen) atoms. The van der Waals surface area contributed by atoms with E-state index in [9.17, 15) is 0 Å². The SMILES string of the molecule is CCCCNC1CCC(Cc2ccc3[nH]c(-c4ccc(OC)c(OC)c4)c(C(C)C)c3c2)CC1. The first-order valence-electron chi connectivity index (χ1n) is 13.1. The van der Waals surface area contributed by atoms with Crippen molar-refractivity contribution in [1.82, 2.24) is 10.3 Å². The van der Waals surface area contributed by atoms with Crippen LogP contribution in [0, 0.1) is 5.92 Å². The summed E-state index contributed by atoms with van der Waals surface area (Å²) in [6.45, 7) is 8.01. The molecule has 184 valence electrons. The molecule has 1 fully saturated rings. The molecule has 1 saturated carbocycles. The molecule has 2 aromatic carbocycles. The van der Waals surface area contributed by atoms with E-state index < -0.39 is 0 Å². The Bertz CT molecular complexity index is 1080. The molecular weight excluding hydrogens is 420 g/mol. The third kappa shape index (κ3) is 5.43. The van der Waals surface area contributed by atoms with Gasteiger partial charge in [-0.2, -0.15) is 0 Å². The molecule has 0 amide bonds. The van der Waals surface area contributed by atoms with Gasteiger partial charge in [-0.05, 0) is 98.4 Å². The predicted molar refractivity (Wildman–Crippen MR) is 143 cm³/mol. The number of nitrogens with one attached hydrogen (secondary N) is 2. The van der Waals surface area contributed by atoms with Crippen LogP contribution in [0.5, 0.6) is 11.5 Å². The summed E-state index contributed by atoms with van der Waals surface area (Å²) in [5.41, 5.74) is 6.37. The molecule has 1 heterocycles. The van der Waals surface area contributed by atoms with Gasteiger partial charge in [-0.15, -0.1) is 0 Å². The number of benzene rings is 2. The van der Waals surface area contributed by atoms with Crippen molar-refractivity contribution in [2.24, 2.45) is 5.92 Å². The highest BCUT2D eigenvalue weighted by Gasteiger charge is 2.22. The first-order valence-corrected chi connectivity index (χ1v) is 13.1. The Kier molecular flexibility index (Phi) is 8.20. The Morgan fingerprint density at radius 2 is 1.74 bits per heavy atom. The van der Waals surface area contributed by atoms with E-state index in [1.165, 1.54) is 79.2 Å². The number of aromatic nitrogens is 1. The number of hydrogen-bond donors (Lipinski definition) is 2.